The van der Waals surface area contributed by atoms with Crippen molar-refractivity contribution in [3.63, 3.8) is 0 Å². The second-order valence-corrected chi connectivity index (χ2v) is 12.1. The average molecular weight is 632 g/mol. The van der Waals surface area contributed by atoms with Gasteiger partial charge in [-0.1, -0.05) is 44.2 Å². The summed E-state index contributed by atoms with van der Waals surface area (Å²) in [4.78, 5) is 59.1. The van der Waals surface area contributed by atoms with Crippen molar-refractivity contribution in [1.82, 2.24) is 29.3 Å². The van der Waals surface area contributed by atoms with E-state index >= 15 is 4.39 Å². The molecule has 1 aromatic carbocycles. The molecule has 5 rings (SSSR count). The largest absolute Gasteiger partial charge is 0.355 e. The van der Waals surface area contributed by atoms with E-state index in [2.05, 4.69) is 16.5 Å². The minimum atomic E-state index is -0.695. The Morgan fingerprint density at radius 1 is 1.11 bits per heavy atom. The van der Waals surface area contributed by atoms with Crippen molar-refractivity contribution >= 4 is 40.3 Å². The Kier molecular flexibility index (Phi) is 8.75. The fourth-order valence-electron chi connectivity index (χ4n) is 5.75. The van der Waals surface area contributed by atoms with E-state index in [4.69, 9.17) is 16.6 Å². The molecule has 1 aliphatic rings. The number of halogens is 2. The lowest BCUT2D eigenvalue weighted by Gasteiger charge is -2.44. The predicted molar refractivity (Wildman–Crippen MR) is 174 cm³/mol. The molecular weight excluding hydrogens is 597 g/mol. The predicted octanol–water partition coefficient (Wildman–Crippen LogP) is 5.07. The van der Waals surface area contributed by atoms with Crippen LogP contribution in [0.3, 0.4) is 0 Å². The van der Waals surface area contributed by atoms with Crippen LogP contribution in [0.5, 0.6) is 0 Å². The molecule has 0 unspecified atom stereocenters. The van der Waals surface area contributed by atoms with Gasteiger partial charge in [0, 0.05) is 51.0 Å². The van der Waals surface area contributed by atoms with E-state index in [1.807, 2.05) is 32.6 Å². The van der Waals surface area contributed by atoms with Crippen molar-refractivity contribution in [3.8, 4) is 16.9 Å². The first-order valence-corrected chi connectivity index (χ1v) is 15.0. The molecule has 3 aromatic heterocycles. The molecule has 2 amide bonds. The quantitative estimate of drug-likeness (QED) is 0.274. The molecule has 0 N–H and O–H groups in total. The van der Waals surface area contributed by atoms with Gasteiger partial charge in [-0.2, -0.15) is 4.98 Å². The molecule has 1 fully saturated rings. The molecule has 0 radical (unpaired) electrons. The summed E-state index contributed by atoms with van der Waals surface area (Å²) in [6, 6.07) is 9.03. The Bertz CT molecular complexity index is 1890. The number of amides is 2. The molecule has 1 aliphatic heterocycles. The summed E-state index contributed by atoms with van der Waals surface area (Å²) in [6.07, 6.45) is 2.82. The van der Waals surface area contributed by atoms with E-state index < -0.39 is 17.4 Å². The lowest BCUT2D eigenvalue weighted by atomic mass is 10.00. The van der Waals surface area contributed by atoms with Crippen LogP contribution in [0.2, 0.25) is 5.02 Å². The Morgan fingerprint density at radius 2 is 1.82 bits per heavy atom. The first-order chi connectivity index (χ1) is 21.3. The summed E-state index contributed by atoms with van der Waals surface area (Å²) in [6.45, 7) is 12.1. The van der Waals surface area contributed by atoms with Crippen LogP contribution in [0.15, 0.2) is 60.0 Å². The van der Waals surface area contributed by atoms with Gasteiger partial charge in [-0.25, -0.2) is 23.7 Å². The van der Waals surface area contributed by atoms with Gasteiger partial charge < -0.3 is 14.7 Å². The number of aromatic nitrogens is 4. The topological polar surface area (TPSA) is 105 Å². The summed E-state index contributed by atoms with van der Waals surface area (Å²) in [5, 5.41) is 0.575. The number of piperazine rings is 1. The Balaban J connectivity index is 1.88. The zero-order chi connectivity index (χ0) is 32.7. The molecule has 0 bridgehead atoms. The van der Waals surface area contributed by atoms with E-state index in [9.17, 15) is 14.4 Å². The van der Waals surface area contributed by atoms with Gasteiger partial charge >= 0.3 is 5.69 Å². The molecule has 4 heterocycles. The van der Waals surface area contributed by atoms with Gasteiger partial charge in [-0.3, -0.25) is 9.59 Å². The van der Waals surface area contributed by atoms with E-state index in [0.29, 0.717) is 29.9 Å². The van der Waals surface area contributed by atoms with E-state index in [0.717, 1.165) is 0 Å². The first-order valence-electron chi connectivity index (χ1n) is 14.6. The van der Waals surface area contributed by atoms with E-state index in [1.165, 1.54) is 27.8 Å². The summed E-state index contributed by atoms with van der Waals surface area (Å²) in [7, 11) is 3.21. The van der Waals surface area contributed by atoms with Gasteiger partial charge in [-0.05, 0) is 55.7 Å². The number of fused-ring (bicyclic) bond motifs is 1. The summed E-state index contributed by atoms with van der Waals surface area (Å²) in [5.74, 6) is -0.926. The number of pyridine rings is 2. The Labute approximate surface area is 265 Å². The number of hydrogen-bond donors (Lipinski definition) is 0. The van der Waals surface area contributed by atoms with Crippen LogP contribution in [0, 0.1) is 5.82 Å². The van der Waals surface area contributed by atoms with Crippen molar-refractivity contribution in [2.75, 3.05) is 32.1 Å². The van der Waals surface area contributed by atoms with Crippen LogP contribution in [-0.2, 0) is 4.79 Å². The van der Waals surface area contributed by atoms with Crippen LogP contribution in [-0.4, -0.2) is 80.4 Å². The molecule has 4 aromatic rings. The van der Waals surface area contributed by atoms with Gasteiger partial charge in [0.05, 0.1) is 21.8 Å². The Hall–Kier alpha value is -4.64. The first kappa shape index (κ1) is 31.8. The van der Waals surface area contributed by atoms with Crippen molar-refractivity contribution < 1.29 is 14.0 Å². The smallest absolute Gasteiger partial charge is 0.349 e. The lowest BCUT2D eigenvalue weighted by Crippen LogP contribution is -2.58. The molecule has 1 saturated heterocycles. The van der Waals surface area contributed by atoms with Crippen molar-refractivity contribution in [2.24, 2.45) is 0 Å². The van der Waals surface area contributed by atoms with Crippen molar-refractivity contribution in [2.45, 2.75) is 45.7 Å². The molecule has 12 heteroatoms. The standard InChI is InChI=1S/C33H35ClFN7O3/c1-8-26(43)40-16-20(5)41(17-19(40)4)30-23-15-24(34)27(22-11-9-10-12-25(22)35)37-31(23)42(33(45)38-30)29-21(18(2)3)13-14-36-28(29)32(44)39(6)7/h8-15,18-20H,1,16-17H2,2-7H3/t19-,20+/m1/s1. The summed E-state index contributed by atoms with van der Waals surface area (Å²) >= 11 is 6.81. The Morgan fingerprint density at radius 3 is 2.47 bits per heavy atom. The number of rotatable bonds is 6. The van der Waals surface area contributed by atoms with Crippen LogP contribution in [0.25, 0.3) is 28.0 Å². The second-order valence-electron chi connectivity index (χ2n) is 11.7. The highest BCUT2D eigenvalue weighted by Crippen LogP contribution is 2.37. The van der Waals surface area contributed by atoms with Crippen molar-refractivity contribution in [3.05, 3.63) is 87.8 Å². The summed E-state index contributed by atoms with van der Waals surface area (Å²) < 4.78 is 16.4. The van der Waals surface area contributed by atoms with Gasteiger partial charge in [0.25, 0.3) is 5.91 Å². The number of nitrogens with zero attached hydrogens (tertiary/aromatic N) is 7. The van der Waals surface area contributed by atoms with Crippen LogP contribution in [0.4, 0.5) is 10.2 Å². The van der Waals surface area contributed by atoms with Crippen LogP contribution >= 0.6 is 11.6 Å². The third-order valence-corrected chi connectivity index (χ3v) is 8.34. The highest BCUT2D eigenvalue weighted by atomic mass is 35.5. The number of anilines is 1. The molecule has 0 aliphatic carbocycles. The van der Waals surface area contributed by atoms with E-state index in [-0.39, 0.29) is 57.2 Å². The third kappa shape index (κ3) is 5.68. The maximum absolute atomic E-state index is 15.1. The number of carbonyl (C=O) groups excluding carboxylic acids is 2. The van der Waals surface area contributed by atoms with Crippen LogP contribution < -0.4 is 10.6 Å². The third-order valence-electron chi connectivity index (χ3n) is 8.06. The lowest BCUT2D eigenvalue weighted by molar-refractivity contribution is -0.128. The highest BCUT2D eigenvalue weighted by molar-refractivity contribution is 6.34. The molecule has 10 nitrogen and oxygen atoms in total. The molecule has 2 atom stereocenters. The minimum absolute atomic E-state index is 0.0480. The van der Waals surface area contributed by atoms with Crippen LogP contribution in [0.1, 0.15) is 49.7 Å². The maximum atomic E-state index is 15.1. The zero-order valence-corrected chi connectivity index (χ0v) is 26.8. The monoisotopic (exact) mass is 631 g/mol. The number of carbonyl (C=O) groups is 2. The van der Waals surface area contributed by atoms with Gasteiger partial charge in [0.2, 0.25) is 5.91 Å². The fraction of sp³-hybridized carbons (Fsp3) is 0.333. The fourth-order valence-corrected chi connectivity index (χ4v) is 6.01. The van der Waals surface area contributed by atoms with Crippen molar-refractivity contribution in [1.29, 1.82) is 0 Å². The van der Waals surface area contributed by atoms with Gasteiger partial charge in [-0.15, -0.1) is 0 Å². The minimum Gasteiger partial charge on any atom is -0.349 e. The number of benzene rings is 1. The maximum Gasteiger partial charge on any atom is 0.355 e. The molecular formula is C33H35ClFN7O3. The average Bonchev–Trinajstić information content (AvgIpc) is 3.01. The van der Waals surface area contributed by atoms with E-state index in [1.54, 1.807) is 49.3 Å². The second kappa shape index (κ2) is 12.4. The summed E-state index contributed by atoms with van der Waals surface area (Å²) in [5.41, 5.74) is 0.699. The molecule has 234 valence electrons. The molecule has 0 saturated carbocycles. The zero-order valence-electron chi connectivity index (χ0n) is 26.1. The van der Waals surface area contributed by atoms with Gasteiger partial charge in [0.1, 0.15) is 11.6 Å². The normalized spacial score (nSPS) is 16.7. The number of hydrogen-bond acceptors (Lipinski definition) is 7. The molecule has 45 heavy (non-hydrogen) atoms. The highest BCUT2D eigenvalue weighted by Gasteiger charge is 2.34. The van der Waals surface area contributed by atoms with Gasteiger partial charge in [0.15, 0.2) is 11.3 Å². The SMILES string of the molecule is C=CC(=O)N1C[C@H](C)N(c2nc(=O)n(-c3c(C(C)C)ccnc3C(=O)N(C)C)c3nc(-c4ccccc4F)c(Cl)cc23)C[C@H]1C. The molecule has 0 spiro atoms.